The van der Waals surface area contributed by atoms with Crippen LogP contribution in [0.25, 0.3) is 0 Å². The number of fused-ring (bicyclic) bond motifs is 1. The van der Waals surface area contributed by atoms with Gasteiger partial charge in [-0.15, -0.1) is 0 Å². The standard InChI is InChI=1S/C38H42O10/c1-20-18-38-33(47-35(43)26-16-12-9-13-17-26)21(2)19-37(38,48-38)32(41)22(3)30(44-23(4)39)27-28(36(27,6)7)31(45-24(5)40)29(20)46-34(42)25-14-10-8-11-15-25/h8-18,21-22,27-31,33H,19H2,1-7H3/b20-18+/t21-,22+,27-,28+,29+,30+,31-,33-,37-,38-/m0/s1. The fraction of sp³-hybridized carbons (Fsp3) is 0.500. The normalized spacial score (nSPS) is 37.1. The zero-order chi connectivity index (χ0) is 34.8. The number of benzene rings is 2. The molecule has 3 aliphatic carbocycles. The fourth-order valence-corrected chi connectivity index (χ4v) is 8.55. The molecule has 0 radical (unpaired) electrons. The summed E-state index contributed by atoms with van der Waals surface area (Å²) in [7, 11) is 0. The highest BCUT2D eigenvalue weighted by Gasteiger charge is 2.84. The van der Waals surface area contributed by atoms with Crippen LogP contribution in [0, 0.1) is 29.1 Å². The van der Waals surface area contributed by atoms with Gasteiger partial charge in [0.2, 0.25) is 0 Å². The summed E-state index contributed by atoms with van der Waals surface area (Å²) in [6.07, 6.45) is -1.92. The maximum atomic E-state index is 14.7. The molecule has 0 amide bonds. The summed E-state index contributed by atoms with van der Waals surface area (Å²) in [5.74, 6) is -4.63. The van der Waals surface area contributed by atoms with Crippen molar-refractivity contribution >= 4 is 29.7 Å². The van der Waals surface area contributed by atoms with Crippen LogP contribution in [0.2, 0.25) is 0 Å². The Hall–Kier alpha value is -4.31. The molecule has 1 heterocycles. The molecule has 0 N–H and O–H groups in total. The summed E-state index contributed by atoms with van der Waals surface area (Å²) < 4.78 is 30.8. The summed E-state index contributed by atoms with van der Waals surface area (Å²) in [6.45, 7) is 11.8. The molecule has 254 valence electrons. The molecule has 2 aromatic carbocycles. The van der Waals surface area contributed by atoms with Gasteiger partial charge in [0.05, 0.1) is 17.0 Å². The molecule has 4 aliphatic rings. The molecule has 0 aromatic heterocycles. The van der Waals surface area contributed by atoms with Crippen molar-refractivity contribution in [3.8, 4) is 0 Å². The van der Waals surface area contributed by atoms with Crippen LogP contribution in [-0.4, -0.2) is 65.3 Å². The molecule has 1 saturated heterocycles. The first-order valence-electron chi connectivity index (χ1n) is 16.4. The maximum Gasteiger partial charge on any atom is 0.338 e. The zero-order valence-corrected chi connectivity index (χ0v) is 28.3. The van der Waals surface area contributed by atoms with Crippen LogP contribution in [0.4, 0.5) is 0 Å². The Morgan fingerprint density at radius 3 is 1.79 bits per heavy atom. The molecule has 3 fully saturated rings. The molecule has 0 unspecified atom stereocenters. The summed E-state index contributed by atoms with van der Waals surface area (Å²) in [5, 5.41) is 0. The molecule has 10 heteroatoms. The van der Waals surface area contributed by atoms with Crippen molar-refractivity contribution in [2.75, 3.05) is 0 Å². The van der Waals surface area contributed by atoms with Gasteiger partial charge >= 0.3 is 23.9 Å². The van der Waals surface area contributed by atoms with E-state index in [0.29, 0.717) is 16.7 Å². The Morgan fingerprint density at radius 1 is 0.750 bits per heavy atom. The summed E-state index contributed by atoms with van der Waals surface area (Å²) >= 11 is 0. The second kappa shape index (κ2) is 12.0. The lowest BCUT2D eigenvalue weighted by Crippen LogP contribution is -2.43. The molecule has 2 saturated carbocycles. The van der Waals surface area contributed by atoms with Gasteiger partial charge in [-0.2, -0.15) is 0 Å². The molecule has 0 bridgehead atoms. The highest BCUT2D eigenvalue weighted by molar-refractivity contribution is 5.96. The maximum absolute atomic E-state index is 14.7. The number of hydrogen-bond donors (Lipinski definition) is 0. The van der Waals surface area contributed by atoms with E-state index in [1.165, 1.54) is 13.8 Å². The molecule has 2 aromatic rings. The van der Waals surface area contributed by atoms with Crippen LogP contribution < -0.4 is 0 Å². The predicted octanol–water partition coefficient (Wildman–Crippen LogP) is 5.29. The minimum absolute atomic E-state index is 0.249. The van der Waals surface area contributed by atoms with E-state index in [-0.39, 0.29) is 18.1 Å². The number of Topliss-reactive ketones (excluding diaryl/α,β-unsaturated/α-hetero) is 1. The van der Waals surface area contributed by atoms with Crippen LogP contribution in [0.3, 0.4) is 0 Å². The Labute approximate surface area is 280 Å². The molecule has 0 spiro atoms. The average Bonchev–Trinajstić information content (AvgIpc) is 3.84. The number of carbonyl (C=O) groups excluding carboxylic acids is 5. The van der Waals surface area contributed by atoms with Gasteiger partial charge in [0, 0.05) is 25.7 Å². The van der Waals surface area contributed by atoms with E-state index in [0.717, 1.165) is 0 Å². The zero-order valence-electron chi connectivity index (χ0n) is 28.3. The SMILES string of the molecule is CC(=O)O[C@H]1[C@H]2[C@@H]([C@H](OC(C)=O)[C@@H](C)C(=O)[C@@]34C[C@H](C)[C@H](OC(=O)c5ccccc5)[C@]3(/C=C(\C)[C@H]1OC(=O)c1ccccc1)O4)C2(C)C. The number of esters is 4. The van der Waals surface area contributed by atoms with Crippen molar-refractivity contribution in [3.63, 3.8) is 0 Å². The number of hydrogen-bond acceptors (Lipinski definition) is 10. The second-order valence-corrected chi connectivity index (χ2v) is 14.3. The van der Waals surface area contributed by atoms with Crippen LogP contribution in [0.1, 0.15) is 75.6 Å². The van der Waals surface area contributed by atoms with Gasteiger partial charge in [-0.25, -0.2) is 9.59 Å². The van der Waals surface area contributed by atoms with Crippen molar-refractivity contribution in [1.82, 2.24) is 0 Å². The highest BCUT2D eigenvalue weighted by Crippen LogP contribution is 2.69. The molecule has 6 rings (SSSR count). The summed E-state index contributed by atoms with van der Waals surface area (Å²) in [5.41, 5.74) is -2.27. The minimum Gasteiger partial charge on any atom is -0.461 e. The number of rotatable bonds is 6. The average molecular weight is 659 g/mol. The highest BCUT2D eigenvalue weighted by atomic mass is 16.7. The van der Waals surface area contributed by atoms with Crippen molar-refractivity contribution in [3.05, 3.63) is 83.4 Å². The van der Waals surface area contributed by atoms with E-state index >= 15 is 0 Å². The van der Waals surface area contributed by atoms with Gasteiger partial charge in [-0.05, 0) is 60.6 Å². The quantitative estimate of drug-likeness (QED) is 0.175. The van der Waals surface area contributed by atoms with Gasteiger partial charge < -0.3 is 23.7 Å². The first-order valence-corrected chi connectivity index (χ1v) is 16.4. The summed E-state index contributed by atoms with van der Waals surface area (Å²) in [4.78, 5) is 66.9. The van der Waals surface area contributed by atoms with E-state index in [4.69, 9.17) is 23.7 Å². The Bertz CT molecular complexity index is 1660. The lowest BCUT2D eigenvalue weighted by molar-refractivity contribution is -0.158. The van der Waals surface area contributed by atoms with Gasteiger partial charge in [0.1, 0.15) is 18.3 Å². The van der Waals surface area contributed by atoms with Crippen molar-refractivity contribution in [2.45, 2.75) is 90.5 Å². The van der Waals surface area contributed by atoms with E-state index in [9.17, 15) is 24.0 Å². The number of carbonyl (C=O) groups is 5. The van der Waals surface area contributed by atoms with E-state index < -0.39 is 82.7 Å². The van der Waals surface area contributed by atoms with Gasteiger partial charge in [0.25, 0.3) is 0 Å². The lowest BCUT2D eigenvalue weighted by Gasteiger charge is -2.30. The predicted molar refractivity (Wildman–Crippen MR) is 171 cm³/mol. The van der Waals surface area contributed by atoms with Crippen molar-refractivity contribution < 1.29 is 47.7 Å². The number of ketones is 1. The lowest BCUT2D eigenvalue weighted by atomic mass is 9.80. The van der Waals surface area contributed by atoms with Gasteiger partial charge in [0.15, 0.2) is 23.1 Å². The Morgan fingerprint density at radius 2 is 1.25 bits per heavy atom. The van der Waals surface area contributed by atoms with Crippen molar-refractivity contribution in [1.29, 1.82) is 0 Å². The first kappa shape index (κ1) is 33.6. The number of epoxide rings is 1. The molecular weight excluding hydrogens is 616 g/mol. The third-order valence-corrected chi connectivity index (χ3v) is 10.8. The third kappa shape index (κ3) is 5.44. The van der Waals surface area contributed by atoms with E-state index in [1.807, 2.05) is 20.8 Å². The largest absolute Gasteiger partial charge is 0.461 e. The third-order valence-electron chi connectivity index (χ3n) is 10.8. The van der Waals surface area contributed by atoms with Crippen LogP contribution >= 0.6 is 0 Å². The Kier molecular flexibility index (Phi) is 8.38. The van der Waals surface area contributed by atoms with Crippen LogP contribution in [-0.2, 0) is 38.1 Å². The van der Waals surface area contributed by atoms with Gasteiger partial charge in [-0.3, -0.25) is 14.4 Å². The first-order chi connectivity index (χ1) is 22.6. The van der Waals surface area contributed by atoms with Gasteiger partial charge in [-0.1, -0.05) is 64.1 Å². The Balaban J connectivity index is 1.51. The molecule has 10 nitrogen and oxygen atoms in total. The smallest absolute Gasteiger partial charge is 0.338 e. The molecular formula is C38H42O10. The topological polar surface area (TPSA) is 135 Å². The number of ether oxygens (including phenoxy) is 5. The van der Waals surface area contributed by atoms with Crippen LogP contribution in [0.15, 0.2) is 72.3 Å². The van der Waals surface area contributed by atoms with Crippen molar-refractivity contribution in [2.24, 2.45) is 29.1 Å². The second-order valence-electron chi connectivity index (χ2n) is 14.3. The molecule has 1 aliphatic heterocycles. The van der Waals surface area contributed by atoms with E-state index in [1.54, 1.807) is 80.6 Å². The van der Waals surface area contributed by atoms with E-state index in [2.05, 4.69) is 0 Å². The molecule has 48 heavy (non-hydrogen) atoms. The minimum atomic E-state index is -1.41. The van der Waals surface area contributed by atoms with Crippen LogP contribution in [0.5, 0.6) is 0 Å². The summed E-state index contributed by atoms with van der Waals surface area (Å²) in [6, 6.07) is 17.0. The fourth-order valence-electron chi connectivity index (χ4n) is 8.55. The molecule has 10 atom stereocenters. The monoisotopic (exact) mass is 658 g/mol.